The summed E-state index contributed by atoms with van der Waals surface area (Å²) in [7, 11) is 0. The molecule has 0 spiro atoms. The number of amides is 2. The van der Waals surface area contributed by atoms with E-state index >= 15 is 0 Å². The van der Waals surface area contributed by atoms with Gasteiger partial charge in [0.25, 0.3) is 0 Å². The van der Waals surface area contributed by atoms with E-state index in [9.17, 15) is 4.79 Å². The van der Waals surface area contributed by atoms with Crippen LogP contribution in [-0.4, -0.2) is 23.6 Å². The Morgan fingerprint density at radius 3 is 2.50 bits per heavy atom. The molecule has 0 aliphatic rings. The van der Waals surface area contributed by atoms with Crippen molar-refractivity contribution in [1.82, 2.24) is 5.32 Å². The number of hydrogen-bond acceptors (Lipinski definition) is 3. The average Bonchev–Trinajstić information content (AvgIpc) is 2.39. The highest BCUT2D eigenvalue weighted by atomic mass is 32.2. The van der Waals surface area contributed by atoms with Crippen molar-refractivity contribution >= 4 is 23.5 Å². The van der Waals surface area contributed by atoms with E-state index in [1.54, 1.807) is 0 Å². The first-order valence-corrected chi connectivity index (χ1v) is 8.18. The van der Waals surface area contributed by atoms with E-state index < -0.39 is 6.03 Å². The Labute approximate surface area is 125 Å². The van der Waals surface area contributed by atoms with Crippen molar-refractivity contribution < 1.29 is 4.79 Å². The lowest BCUT2D eigenvalue weighted by Gasteiger charge is -2.20. The van der Waals surface area contributed by atoms with Gasteiger partial charge in [-0.05, 0) is 49.5 Å². The second kappa shape index (κ2) is 8.87. The molecule has 0 heterocycles. The molecule has 0 aliphatic heterocycles. The lowest BCUT2D eigenvalue weighted by molar-refractivity contribution is 0.259. The van der Waals surface area contributed by atoms with Gasteiger partial charge in [-0.1, -0.05) is 19.1 Å². The first-order chi connectivity index (χ1) is 9.52. The van der Waals surface area contributed by atoms with E-state index in [2.05, 4.69) is 31.4 Å². The number of anilines is 1. The molecule has 4 nitrogen and oxygen atoms in total. The molecule has 2 amide bonds. The molecule has 0 aromatic heterocycles. The second-order valence-electron chi connectivity index (χ2n) is 4.89. The minimum Gasteiger partial charge on any atom is -0.351 e. The first-order valence-electron chi connectivity index (χ1n) is 7.03. The summed E-state index contributed by atoms with van der Waals surface area (Å²) in [4.78, 5) is 10.8. The van der Waals surface area contributed by atoms with E-state index in [0.29, 0.717) is 12.1 Å². The number of thioether (sulfide) groups is 1. The SMILES string of the molecule is CCSCCC(C)NC(C)c1ccc(NC(N)=O)cc1. The molecule has 1 aromatic carbocycles. The van der Waals surface area contributed by atoms with Crippen LogP contribution in [0, 0.1) is 0 Å². The van der Waals surface area contributed by atoms with Gasteiger partial charge in [-0.25, -0.2) is 4.79 Å². The molecule has 0 saturated carbocycles. The monoisotopic (exact) mass is 295 g/mol. The summed E-state index contributed by atoms with van der Waals surface area (Å²) >= 11 is 1.97. The smallest absolute Gasteiger partial charge is 0.316 e. The van der Waals surface area contributed by atoms with Gasteiger partial charge >= 0.3 is 6.03 Å². The zero-order chi connectivity index (χ0) is 15.0. The van der Waals surface area contributed by atoms with Crippen LogP contribution in [0.4, 0.5) is 10.5 Å². The van der Waals surface area contributed by atoms with Gasteiger partial charge in [0, 0.05) is 17.8 Å². The van der Waals surface area contributed by atoms with Gasteiger partial charge in [0.1, 0.15) is 0 Å². The van der Waals surface area contributed by atoms with Crippen molar-refractivity contribution in [3.63, 3.8) is 0 Å². The Morgan fingerprint density at radius 1 is 1.30 bits per heavy atom. The number of nitrogens with one attached hydrogen (secondary N) is 2. The highest BCUT2D eigenvalue weighted by Crippen LogP contribution is 2.17. The van der Waals surface area contributed by atoms with Crippen LogP contribution in [0.1, 0.15) is 38.8 Å². The molecule has 2 unspecified atom stereocenters. The average molecular weight is 295 g/mol. The van der Waals surface area contributed by atoms with Crippen molar-refractivity contribution in [1.29, 1.82) is 0 Å². The molecule has 0 radical (unpaired) electrons. The standard InChI is InChI=1S/C15H25N3OS/c1-4-20-10-9-11(2)17-12(3)13-5-7-14(8-6-13)18-15(16)19/h5-8,11-12,17H,4,9-10H2,1-3H3,(H3,16,18,19). The summed E-state index contributed by atoms with van der Waals surface area (Å²) < 4.78 is 0. The second-order valence-corrected chi connectivity index (χ2v) is 6.28. The molecule has 112 valence electrons. The van der Waals surface area contributed by atoms with Crippen molar-refractivity contribution in [2.45, 2.75) is 39.3 Å². The largest absolute Gasteiger partial charge is 0.351 e. The summed E-state index contributed by atoms with van der Waals surface area (Å²) in [6.45, 7) is 6.56. The quantitative estimate of drug-likeness (QED) is 0.644. The molecule has 1 rings (SSSR count). The van der Waals surface area contributed by atoms with Gasteiger partial charge in [-0.15, -0.1) is 0 Å². The Balaban J connectivity index is 2.46. The number of benzene rings is 1. The lowest BCUT2D eigenvalue weighted by Crippen LogP contribution is -2.29. The van der Waals surface area contributed by atoms with E-state index in [0.717, 1.165) is 5.69 Å². The fourth-order valence-electron chi connectivity index (χ4n) is 2.01. The Bertz CT molecular complexity index is 408. The summed E-state index contributed by atoms with van der Waals surface area (Å²) in [5.74, 6) is 2.37. The van der Waals surface area contributed by atoms with Crippen molar-refractivity contribution in [3.05, 3.63) is 29.8 Å². The van der Waals surface area contributed by atoms with Crippen LogP contribution in [-0.2, 0) is 0 Å². The predicted molar refractivity (Wildman–Crippen MR) is 88.3 cm³/mol. The predicted octanol–water partition coefficient (Wildman–Crippen LogP) is 3.36. The zero-order valence-electron chi connectivity index (χ0n) is 12.5. The third kappa shape index (κ3) is 6.30. The number of primary amides is 1. The van der Waals surface area contributed by atoms with Gasteiger partial charge in [0.05, 0.1) is 0 Å². The summed E-state index contributed by atoms with van der Waals surface area (Å²) in [6.07, 6.45) is 1.17. The van der Waals surface area contributed by atoms with E-state index in [1.807, 2.05) is 36.0 Å². The normalized spacial score (nSPS) is 13.8. The summed E-state index contributed by atoms with van der Waals surface area (Å²) in [6, 6.07) is 8.01. The molecule has 0 bridgehead atoms. The van der Waals surface area contributed by atoms with Gasteiger partial charge in [-0.2, -0.15) is 11.8 Å². The number of urea groups is 1. The van der Waals surface area contributed by atoms with Gasteiger partial charge < -0.3 is 16.4 Å². The number of nitrogens with two attached hydrogens (primary N) is 1. The molecule has 0 saturated heterocycles. The lowest BCUT2D eigenvalue weighted by atomic mass is 10.1. The fourth-order valence-corrected chi connectivity index (χ4v) is 2.82. The van der Waals surface area contributed by atoms with Crippen LogP contribution in [0.5, 0.6) is 0 Å². The molecule has 20 heavy (non-hydrogen) atoms. The fraction of sp³-hybridized carbons (Fsp3) is 0.533. The molecule has 4 N–H and O–H groups in total. The van der Waals surface area contributed by atoms with Crippen LogP contribution < -0.4 is 16.4 Å². The van der Waals surface area contributed by atoms with Crippen LogP contribution in [0.15, 0.2) is 24.3 Å². The molecule has 1 aromatic rings. The van der Waals surface area contributed by atoms with E-state index in [4.69, 9.17) is 5.73 Å². The van der Waals surface area contributed by atoms with Gasteiger partial charge in [0.2, 0.25) is 0 Å². The van der Waals surface area contributed by atoms with Crippen LogP contribution in [0.2, 0.25) is 0 Å². The molecule has 0 fully saturated rings. The maximum Gasteiger partial charge on any atom is 0.316 e. The van der Waals surface area contributed by atoms with Crippen LogP contribution in [0.3, 0.4) is 0 Å². The zero-order valence-corrected chi connectivity index (χ0v) is 13.3. The van der Waals surface area contributed by atoms with Gasteiger partial charge in [0.15, 0.2) is 0 Å². The van der Waals surface area contributed by atoms with Gasteiger partial charge in [-0.3, -0.25) is 0 Å². The third-order valence-corrected chi connectivity index (χ3v) is 4.04. The third-order valence-electron chi connectivity index (χ3n) is 3.11. The Morgan fingerprint density at radius 2 is 1.95 bits per heavy atom. The Kier molecular flexibility index (Phi) is 7.47. The van der Waals surface area contributed by atoms with Crippen molar-refractivity contribution in [3.8, 4) is 0 Å². The number of carbonyl (C=O) groups excluding carboxylic acids is 1. The van der Waals surface area contributed by atoms with Crippen molar-refractivity contribution in [2.75, 3.05) is 16.8 Å². The highest BCUT2D eigenvalue weighted by molar-refractivity contribution is 7.99. The maximum absolute atomic E-state index is 10.8. The summed E-state index contributed by atoms with van der Waals surface area (Å²) in [5.41, 5.74) is 7.01. The molecule has 5 heteroatoms. The van der Waals surface area contributed by atoms with Crippen LogP contribution in [0.25, 0.3) is 0 Å². The Hall–Kier alpha value is -1.20. The first kappa shape index (κ1) is 16.9. The number of rotatable bonds is 8. The molecular formula is C15H25N3OS. The molecule has 2 atom stereocenters. The van der Waals surface area contributed by atoms with E-state index in [1.165, 1.54) is 23.5 Å². The number of carbonyl (C=O) groups is 1. The van der Waals surface area contributed by atoms with E-state index in [-0.39, 0.29) is 0 Å². The maximum atomic E-state index is 10.8. The minimum atomic E-state index is -0.536. The highest BCUT2D eigenvalue weighted by Gasteiger charge is 2.09. The molecule has 0 aliphatic carbocycles. The van der Waals surface area contributed by atoms with Crippen molar-refractivity contribution in [2.24, 2.45) is 5.73 Å². The summed E-state index contributed by atoms with van der Waals surface area (Å²) in [5, 5.41) is 6.15. The minimum absolute atomic E-state index is 0.291. The number of hydrogen-bond donors (Lipinski definition) is 3. The molecular weight excluding hydrogens is 270 g/mol. The van der Waals surface area contributed by atoms with Crippen LogP contribution >= 0.6 is 11.8 Å². The topological polar surface area (TPSA) is 67.2 Å².